The SMILES string of the molecule is COc1cc2cc(c1Cl)N(C)C(=O)C[C@H](OC(=O)[C@H](C)N(C)C(=O)c1ccc3nc(NC(=O)[C@H](CCCNC(N)=O)NC(=O)[C@@H](NC(=O)CCCCCNC(C=O)(CBr)CBr)C(C)C)ccc3c1)[C@]1(C)O[C@H]1C[C@@H]1C[C@@](O)(NC(=O)O1)[C@H](OC)/C=C/C=C(\C)C2. The minimum atomic E-state index is -1.89. The van der Waals surface area contributed by atoms with E-state index in [1.807, 2.05) is 13.0 Å². The lowest BCUT2D eigenvalue weighted by atomic mass is 9.90. The maximum atomic E-state index is 14.5. The predicted octanol–water partition coefficient (Wildman–Crippen LogP) is 6.02. The molecule has 4 heterocycles. The Balaban J connectivity index is 1.14. The number of rotatable bonds is 26. The van der Waals surface area contributed by atoms with Gasteiger partial charge in [-0.1, -0.05) is 87.5 Å². The second kappa shape index (κ2) is 32.5. The molecule has 4 bridgehead atoms. The number of unbranched alkanes of at least 4 members (excludes halogenated alkanes) is 2. The van der Waals surface area contributed by atoms with Crippen LogP contribution < -0.4 is 47.3 Å². The number of fused-ring (bicyclic) bond motifs is 6. The van der Waals surface area contributed by atoms with Gasteiger partial charge in [0, 0.05) is 68.6 Å². The van der Waals surface area contributed by atoms with Crippen LogP contribution in [0.1, 0.15) is 108 Å². The number of pyridine rings is 1. The number of alkyl halides is 2. The minimum absolute atomic E-state index is 0.0367. The number of aldehydes is 1. The zero-order valence-corrected chi connectivity index (χ0v) is 56.0. The fourth-order valence-corrected chi connectivity index (χ4v) is 12.5. The maximum Gasteiger partial charge on any atom is 0.409 e. The molecule has 2 aromatic carbocycles. The number of benzene rings is 2. The molecule has 25 nitrogen and oxygen atoms in total. The summed E-state index contributed by atoms with van der Waals surface area (Å²) in [5.74, 6) is -3.47. The quantitative estimate of drug-likeness (QED) is 0.0150. The number of allylic oxidation sites excluding steroid dienone is 3. The van der Waals surface area contributed by atoms with Crippen molar-refractivity contribution in [2.75, 3.05) is 62.3 Å². The van der Waals surface area contributed by atoms with E-state index in [1.165, 1.54) is 57.2 Å². The molecule has 0 saturated carbocycles. The summed E-state index contributed by atoms with van der Waals surface area (Å²) in [4.78, 5) is 127. The highest BCUT2D eigenvalue weighted by atomic mass is 79.9. The second-order valence-corrected chi connectivity index (χ2v) is 25.0. The molecule has 9 atom stereocenters. The summed E-state index contributed by atoms with van der Waals surface area (Å²) in [6, 6.07) is 7.14. The van der Waals surface area contributed by atoms with Gasteiger partial charge in [0.1, 0.15) is 64.9 Å². The molecule has 9 N–H and O–H groups in total. The highest BCUT2D eigenvalue weighted by molar-refractivity contribution is 9.10. The predicted molar refractivity (Wildman–Crippen MR) is 344 cm³/mol. The number of nitrogens with zero attached hydrogens (tertiary/aromatic N) is 3. The lowest BCUT2D eigenvalue weighted by Gasteiger charge is -2.40. The largest absolute Gasteiger partial charge is 0.495 e. The number of nitrogens with two attached hydrogens (primary N) is 1. The molecule has 8 amide bonds. The number of ether oxygens (including phenoxy) is 5. The van der Waals surface area contributed by atoms with E-state index in [0.29, 0.717) is 65.2 Å². The zero-order valence-electron chi connectivity index (χ0n) is 52.1. The van der Waals surface area contributed by atoms with Crippen molar-refractivity contribution in [1.29, 1.82) is 0 Å². The summed E-state index contributed by atoms with van der Waals surface area (Å²) in [6.07, 6.45) is 3.52. The van der Waals surface area contributed by atoms with Gasteiger partial charge in [0.2, 0.25) is 23.6 Å². The fraction of sp³-hybridized carbons (Fsp3) is 0.548. The van der Waals surface area contributed by atoms with Crippen LogP contribution in [0.25, 0.3) is 10.9 Å². The van der Waals surface area contributed by atoms with E-state index < -0.39 is 108 Å². The van der Waals surface area contributed by atoms with Gasteiger partial charge < -0.3 is 75.7 Å². The number of esters is 1. The highest BCUT2D eigenvalue weighted by Crippen LogP contribution is 2.47. The number of amides is 8. The van der Waals surface area contributed by atoms with Crippen molar-refractivity contribution in [2.45, 2.75) is 158 Å². The number of aliphatic hydroxyl groups is 1. The number of hydrogen-bond donors (Lipinski definition) is 8. The van der Waals surface area contributed by atoms with E-state index in [-0.39, 0.29) is 66.9 Å². The van der Waals surface area contributed by atoms with Crippen molar-refractivity contribution in [2.24, 2.45) is 11.7 Å². The van der Waals surface area contributed by atoms with Gasteiger partial charge in [-0.2, -0.15) is 0 Å². The molecule has 3 aliphatic rings. The standard InChI is InChI=1S/C62H83Br2ClN10O15/c1-35(2)53(72-50(77)18-11-10-12-24-68-61(32-63,33-64)34-76)55(80)70-43(16-14-23-67-58(66)83)54(79)71-49-22-20-39-28-40(19-21-42(39)69-49)56(81)74(6)37(4)57(82)89-47-30-51(78)75(7)44-26-38(27-45(86-8)52(44)65)25-36(3)15-13-17-46(87-9)62(85)31-41(88-59(84)73-62)29-48-60(47,5)90-48/h13,15,17,19-22,26-28,34-35,37,41,43,46-48,53,68,85H,10-12,14,16,18,23-25,29-33H2,1-9H3,(H,70,80)(H,72,77)(H,73,84)(H3,66,67,83)(H,69,71,79)/b17-13+,36-15+/t37-,41+,43-,46+,47-,48-,53-,60-,62-/m0/s1. The normalized spacial score (nSPS) is 23.0. The molecule has 28 heteroatoms. The molecule has 90 heavy (non-hydrogen) atoms. The Bertz CT molecular complexity index is 3190. The number of likely N-dealkylation sites (N-methyl/N-ethyl adjacent to an activating group) is 1. The van der Waals surface area contributed by atoms with E-state index >= 15 is 0 Å². The zero-order chi connectivity index (χ0) is 66.3. The van der Waals surface area contributed by atoms with Crippen LogP contribution >= 0.6 is 43.5 Å². The van der Waals surface area contributed by atoms with Gasteiger partial charge in [-0.05, 0) is 113 Å². The van der Waals surface area contributed by atoms with Gasteiger partial charge in [-0.15, -0.1) is 0 Å². The van der Waals surface area contributed by atoms with Crippen LogP contribution in [0.4, 0.5) is 21.1 Å². The molecule has 492 valence electrons. The average Bonchev–Trinajstić information content (AvgIpc) is 1.58. The molecule has 6 rings (SSSR count). The Hall–Kier alpha value is -6.75. The first-order chi connectivity index (χ1) is 42.6. The van der Waals surface area contributed by atoms with Crippen molar-refractivity contribution in [3.8, 4) is 5.75 Å². The molecule has 0 aliphatic carbocycles. The van der Waals surface area contributed by atoms with E-state index in [1.54, 1.807) is 63.3 Å². The Kier molecular flexibility index (Phi) is 26.1. The molecular weight excluding hydrogens is 1320 g/mol. The number of methoxy groups -OCH3 is 2. The number of epoxide rings is 1. The number of carbonyl (C=O) groups is 9. The summed E-state index contributed by atoms with van der Waals surface area (Å²) in [5, 5.41) is 29.9. The number of hydrogen-bond acceptors (Lipinski definition) is 17. The van der Waals surface area contributed by atoms with E-state index in [4.69, 9.17) is 41.0 Å². The first-order valence-electron chi connectivity index (χ1n) is 29.7. The lowest BCUT2D eigenvalue weighted by Crippen LogP contribution is -2.62. The summed E-state index contributed by atoms with van der Waals surface area (Å²) >= 11 is 13.6. The van der Waals surface area contributed by atoms with Crippen LogP contribution in [-0.4, -0.2) is 180 Å². The Morgan fingerprint density at radius 3 is 2.41 bits per heavy atom. The third kappa shape index (κ3) is 18.9. The van der Waals surface area contributed by atoms with Crippen LogP contribution in [0.3, 0.4) is 0 Å². The monoisotopic (exact) mass is 1400 g/mol. The van der Waals surface area contributed by atoms with Gasteiger partial charge in [0.25, 0.3) is 5.91 Å². The third-order valence-corrected chi connectivity index (χ3v) is 18.7. The Morgan fingerprint density at radius 2 is 1.74 bits per heavy atom. The third-order valence-electron chi connectivity index (χ3n) is 16.3. The van der Waals surface area contributed by atoms with Crippen molar-refractivity contribution < 1.29 is 71.9 Å². The van der Waals surface area contributed by atoms with E-state index in [0.717, 1.165) is 17.4 Å². The average molecular weight is 1400 g/mol. The van der Waals surface area contributed by atoms with Crippen LogP contribution in [0.5, 0.6) is 5.75 Å². The highest BCUT2D eigenvalue weighted by Gasteiger charge is 2.62. The first kappa shape index (κ1) is 72.3. The summed E-state index contributed by atoms with van der Waals surface area (Å²) in [6.45, 7) is 9.22. The number of alkyl carbamates (subject to hydrolysis) is 1. The minimum Gasteiger partial charge on any atom is -0.495 e. The number of aromatic nitrogens is 1. The van der Waals surface area contributed by atoms with Crippen molar-refractivity contribution >= 4 is 120 Å². The molecule has 2 saturated heterocycles. The second-order valence-electron chi connectivity index (χ2n) is 23.5. The van der Waals surface area contributed by atoms with Gasteiger partial charge >= 0.3 is 18.1 Å². The van der Waals surface area contributed by atoms with Gasteiger partial charge in [0.05, 0.1) is 36.4 Å². The van der Waals surface area contributed by atoms with Crippen molar-refractivity contribution in [1.82, 2.24) is 36.5 Å². The summed E-state index contributed by atoms with van der Waals surface area (Å²) in [7, 11) is 5.81. The van der Waals surface area contributed by atoms with Crippen LogP contribution in [0.15, 0.2) is 66.3 Å². The molecule has 3 aromatic rings. The van der Waals surface area contributed by atoms with Crippen LogP contribution in [0.2, 0.25) is 5.02 Å². The number of urea groups is 1. The smallest absolute Gasteiger partial charge is 0.409 e. The molecule has 0 radical (unpaired) electrons. The number of carbonyl (C=O) groups excluding carboxylic acids is 9. The summed E-state index contributed by atoms with van der Waals surface area (Å²) in [5.41, 5.74) is 3.81. The topological polar surface area (TPSA) is 341 Å². The Morgan fingerprint density at radius 1 is 1.01 bits per heavy atom. The van der Waals surface area contributed by atoms with Gasteiger partial charge in [-0.25, -0.2) is 19.4 Å². The van der Waals surface area contributed by atoms with E-state index in [2.05, 4.69) is 68.7 Å². The number of halogens is 3. The molecule has 1 aromatic heterocycles. The van der Waals surface area contributed by atoms with Crippen LogP contribution in [0, 0.1) is 5.92 Å². The molecule has 0 spiro atoms. The number of primary amides is 1. The Labute approximate surface area is 545 Å². The molecule has 2 fully saturated rings. The van der Waals surface area contributed by atoms with Crippen LogP contribution in [-0.2, 0) is 54.1 Å². The summed E-state index contributed by atoms with van der Waals surface area (Å²) < 4.78 is 29.3. The van der Waals surface area contributed by atoms with Gasteiger partial charge in [0.15, 0.2) is 5.72 Å². The molecule has 3 aliphatic heterocycles. The lowest BCUT2D eigenvalue weighted by molar-refractivity contribution is -0.158. The van der Waals surface area contributed by atoms with E-state index in [9.17, 15) is 48.3 Å². The fourth-order valence-electron chi connectivity index (χ4n) is 10.6. The van der Waals surface area contributed by atoms with Gasteiger partial charge in [-0.3, -0.25) is 29.3 Å². The molecular formula is C62H83Br2ClN10O15. The molecule has 0 unspecified atom stereocenters. The first-order valence-corrected chi connectivity index (χ1v) is 32.3. The van der Waals surface area contributed by atoms with Crippen molar-refractivity contribution in [3.05, 3.63) is 82.4 Å². The number of nitrogens with one attached hydrogen (secondary N) is 6. The number of anilines is 2. The van der Waals surface area contributed by atoms with Crippen molar-refractivity contribution in [3.63, 3.8) is 0 Å². The maximum absolute atomic E-state index is 14.5.